The summed E-state index contributed by atoms with van der Waals surface area (Å²) in [7, 11) is 0. The first-order valence-corrected chi connectivity index (χ1v) is 6.69. The van der Waals surface area contributed by atoms with Crippen LogP contribution >= 0.6 is 23.5 Å². The molecule has 1 aliphatic carbocycles. The molecule has 3 unspecified atom stereocenters. The Bertz CT molecular complexity index is 174. The van der Waals surface area contributed by atoms with Crippen molar-refractivity contribution in [2.45, 2.75) is 48.0 Å². The minimum Gasteiger partial charge on any atom is -0.378 e. The molecule has 70 valence electrons. The molecular formula is C9H16OS2. The predicted octanol–water partition coefficient (Wildman–Crippen LogP) is 2.49. The van der Waals surface area contributed by atoms with Gasteiger partial charge in [0.1, 0.15) is 4.93 Å². The van der Waals surface area contributed by atoms with E-state index in [0.29, 0.717) is 5.25 Å². The second-order valence-corrected chi connectivity index (χ2v) is 6.54. The van der Waals surface area contributed by atoms with Crippen molar-refractivity contribution in [2.75, 3.05) is 5.75 Å². The third-order valence-electron chi connectivity index (χ3n) is 2.84. The van der Waals surface area contributed by atoms with E-state index in [4.69, 9.17) is 0 Å². The minimum atomic E-state index is -0.351. The standard InChI is InChI=1S/C9H16OS2/c1-2-7-6-11-9(10)5-3-4-8(9)12-7/h7-8,10H,2-6H2,1H3. The van der Waals surface area contributed by atoms with Crippen molar-refractivity contribution in [2.24, 2.45) is 0 Å². The van der Waals surface area contributed by atoms with Gasteiger partial charge in [0.05, 0.1) is 0 Å². The normalized spacial score (nSPS) is 47.5. The van der Waals surface area contributed by atoms with E-state index in [1.54, 1.807) is 11.8 Å². The van der Waals surface area contributed by atoms with E-state index in [9.17, 15) is 5.11 Å². The molecule has 0 aromatic rings. The van der Waals surface area contributed by atoms with E-state index in [-0.39, 0.29) is 4.93 Å². The van der Waals surface area contributed by atoms with Gasteiger partial charge in [0.15, 0.2) is 0 Å². The molecule has 1 N–H and O–H groups in total. The zero-order valence-corrected chi connectivity index (χ0v) is 9.09. The van der Waals surface area contributed by atoms with Crippen molar-refractivity contribution in [3.8, 4) is 0 Å². The Morgan fingerprint density at radius 1 is 1.58 bits per heavy atom. The van der Waals surface area contributed by atoms with Gasteiger partial charge < -0.3 is 5.11 Å². The molecular weight excluding hydrogens is 188 g/mol. The lowest BCUT2D eigenvalue weighted by Crippen LogP contribution is -2.38. The van der Waals surface area contributed by atoms with Crippen LogP contribution in [0.4, 0.5) is 0 Å². The van der Waals surface area contributed by atoms with Crippen molar-refractivity contribution in [3.63, 3.8) is 0 Å². The van der Waals surface area contributed by atoms with Gasteiger partial charge in [-0.15, -0.1) is 11.8 Å². The molecule has 2 fully saturated rings. The van der Waals surface area contributed by atoms with Crippen molar-refractivity contribution in [1.29, 1.82) is 0 Å². The summed E-state index contributed by atoms with van der Waals surface area (Å²) < 4.78 is 0. The molecule has 0 aromatic heterocycles. The molecule has 1 aliphatic heterocycles. The molecule has 3 atom stereocenters. The first-order chi connectivity index (χ1) is 5.74. The number of hydrogen-bond acceptors (Lipinski definition) is 3. The zero-order valence-electron chi connectivity index (χ0n) is 7.45. The van der Waals surface area contributed by atoms with Crippen LogP contribution in [0.15, 0.2) is 0 Å². The van der Waals surface area contributed by atoms with Crippen LogP contribution < -0.4 is 0 Å². The van der Waals surface area contributed by atoms with Crippen LogP contribution in [0.1, 0.15) is 32.6 Å². The second-order valence-electron chi connectivity index (χ2n) is 3.70. The van der Waals surface area contributed by atoms with E-state index in [2.05, 4.69) is 6.92 Å². The molecule has 1 saturated carbocycles. The molecule has 2 rings (SSSR count). The highest BCUT2D eigenvalue weighted by Crippen LogP contribution is 2.51. The smallest absolute Gasteiger partial charge is 0.122 e. The summed E-state index contributed by atoms with van der Waals surface area (Å²) in [6.07, 6.45) is 4.72. The Morgan fingerprint density at radius 2 is 2.42 bits per heavy atom. The van der Waals surface area contributed by atoms with Gasteiger partial charge >= 0.3 is 0 Å². The summed E-state index contributed by atoms with van der Waals surface area (Å²) in [6.45, 7) is 2.25. The summed E-state index contributed by atoms with van der Waals surface area (Å²) in [4.78, 5) is -0.351. The molecule has 3 heteroatoms. The van der Waals surface area contributed by atoms with Crippen LogP contribution in [0.2, 0.25) is 0 Å². The van der Waals surface area contributed by atoms with E-state index in [1.165, 1.54) is 19.3 Å². The summed E-state index contributed by atoms with van der Waals surface area (Å²) in [5, 5.41) is 11.5. The SMILES string of the molecule is CCC1CSC2(O)CCCC2S1. The fourth-order valence-electron chi connectivity index (χ4n) is 1.99. The lowest BCUT2D eigenvalue weighted by atomic mass is 10.3. The first-order valence-electron chi connectivity index (χ1n) is 4.76. The molecule has 12 heavy (non-hydrogen) atoms. The Labute approximate surface area is 82.7 Å². The molecule has 0 aromatic carbocycles. The first kappa shape index (κ1) is 9.22. The third kappa shape index (κ3) is 1.51. The predicted molar refractivity (Wildman–Crippen MR) is 56.7 cm³/mol. The van der Waals surface area contributed by atoms with E-state index in [0.717, 1.165) is 17.4 Å². The maximum atomic E-state index is 10.2. The molecule has 1 saturated heterocycles. The third-order valence-corrected chi connectivity index (χ3v) is 6.59. The number of thioether (sulfide) groups is 2. The number of rotatable bonds is 1. The van der Waals surface area contributed by atoms with Crippen LogP contribution in [-0.2, 0) is 0 Å². The lowest BCUT2D eigenvalue weighted by Gasteiger charge is -2.37. The number of fused-ring (bicyclic) bond motifs is 1. The van der Waals surface area contributed by atoms with Gasteiger partial charge in [0.2, 0.25) is 0 Å². The fraction of sp³-hybridized carbons (Fsp3) is 1.00. The Kier molecular flexibility index (Phi) is 2.64. The van der Waals surface area contributed by atoms with E-state index < -0.39 is 0 Å². The van der Waals surface area contributed by atoms with Crippen molar-refractivity contribution in [3.05, 3.63) is 0 Å². The summed E-state index contributed by atoms with van der Waals surface area (Å²) in [5.74, 6) is 1.15. The average Bonchev–Trinajstić information content (AvgIpc) is 2.45. The van der Waals surface area contributed by atoms with Gasteiger partial charge in [0, 0.05) is 16.3 Å². The van der Waals surface area contributed by atoms with Gasteiger partial charge in [-0.05, 0) is 25.7 Å². The Hall–Kier alpha value is 0.660. The maximum absolute atomic E-state index is 10.2. The van der Waals surface area contributed by atoms with Gasteiger partial charge in [-0.1, -0.05) is 6.92 Å². The highest BCUT2D eigenvalue weighted by molar-refractivity contribution is 8.07. The van der Waals surface area contributed by atoms with Gasteiger partial charge in [-0.2, -0.15) is 11.8 Å². The van der Waals surface area contributed by atoms with Crippen LogP contribution in [0, 0.1) is 0 Å². The second kappa shape index (κ2) is 3.43. The minimum absolute atomic E-state index is 0.351. The quantitative estimate of drug-likeness (QED) is 0.708. The lowest BCUT2D eigenvalue weighted by molar-refractivity contribution is 0.149. The molecule has 0 spiro atoms. The summed E-state index contributed by atoms with van der Waals surface area (Å²) in [5.41, 5.74) is 0. The zero-order chi connectivity index (χ0) is 8.60. The summed E-state index contributed by atoms with van der Waals surface area (Å²) >= 11 is 3.83. The van der Waals surface area contributed by atoms with Crippen molar-refractivity contribution >= 4 is 23.5 Å². The van der Waals surface area contributed by atoms with E-state index in [1.807, 2.05) is 11.8 Å². The van der Waals surface area contributed by atoms with Crippen LogP contribution in [-0.4, -0.2) is 26.3 Å². The summed E-state index contributed by atoms with van der Waals surface area (Å²) in [6, 6.07) is 0. The van der Waals surface area contributed by atoms with Crippen LogP contribution in [0.25, 0.3) is 0 Å². The van der Waals surface area contributed by atoms with Crippen LogP contribution in [0.5, 0.6) is 0 Å². The Balaban J connectivity index is 2.02. The number of hydrogen-bond donors (Lipinski definition) is 1. The highest BCUT2D eigenvalue weighted by atomic mass is 32.2. The fourth-order valence-corrected chi connectivity index (χ4v) is 5.47. The Morgan fingerprint density at radius 3 is 3.17 bits per heavy atom. The number of aliphatic hydroxyl groups is 1. The molecule has 0 bridgehead atoms. The van der Waals surface area contributed by atoms with Crippen molar-refractivity contribution in [1.82, 2.24) is 0 Å². The maximum Gasteiger partial charge on any atom is 0.122 e. The molecule has 0 amide bonds. The van der Waals surface area contributed by atoms with Gasteiger partial charge in [-0.25, -0.2) is 0 Å². The molecule has 1 heterocycles. The van der Waals surface area contributed by atoms with Gasteiger partial charge in [-0.3, -0.25) is 0 Å². The molecule has 1 nitrogen and oxygen atoms in total. The average molecular weight is 204 g/mol. The van der Waals surface area contributed by atoms with E-state index >= 15 is 0 Å². The van der Waals surface area contributed by atoms with Gasteiger partial charge in [0.25, 0.3) is 0 Å². The highest BCUT2D eigenvalue weighted by Gasteiger charge is 2.46. The largest absolute Gasteiger partial charge is 0.378 e. The molecule has 0 radical (unpaired) electrons. The van der Waals surface area contributed by atoms with Crippen molar-refractivity contribution < 1.29 is 5.11 Å². The molecule has 2 aliphatic rings. The topological polar surface area (TPSA) is 20.2 Å². The monoisotopic (exact) mass is 204 g/mol. The van der Waals surface area contributed by atoms with Crippen LogP contribution in [0.3, 0.4) is 0 Å².